The van der Waals surface area contributed by atoms with Gasteiger partial charge >= 0.3 is 6.09 Å². The predicted molar refractivity (Wildman–Crippen MR) is 125 cm³/mol. The summed E-state index contributed by atoms with van der Waals surface area (Å²) < 4.78 is 13.1. The van der Waals surface area contributed by atoms with Gasteiger partial charge in [-0.05, 0) is 50.5 Å². The van der Waals surface area contributed by atoms with Gasteiger partial charge in [0.1, 0.15) is 17.4 Å². The fourth-order valence-corrected chi connectivity index (χ4v) is 4.65. The Balaban J connectivity index is 1.46. The van der Waals surface area contributed by atoms with Crippen molar-refractivity contribution in [3.05, 3.63) is 54.0 Å². The molecule has 178 valence electrons. The van der Waals surface area contributed by atoms with E-state index >= 15 is 0 Å². The number of nitrogens with zero attached hydrogens (tertiary/aromatic N) is 7. The molecule has 34 heavy (non-hydrogen) atoms. The molecule has 5 rings (SSSR count). The van der Waals surface area contributed by atoms with Gasteiger partial charge in [0.05, 0.1) is 38.2 Å². The average Bonchev–Trinajstić information content (AvgIpc) is 3.19. The molecule has 0 saturated carbocycles. The maximum Gasteiger partial charge on any atom is 0.410 e. The van der Waals surface area contributed by atoms with Gasteiger partial charge in [0.2, 0.25) is 0 Å². The van der Waals surface area contributed by atoms with Crippen LogP contribution < -0.4 is 9.64 Å². The first-order chi connectivity index (χ1) is 16.5. The zero-order chi connectivity index (χ0) is 23.7. The molecule has 2 aliphatic rings. The third-order valence-corrected chi connectivity index (χ3v) is 6.30. The van der Waals surface area contributed by atoms with Crippen LogP contribution >= 0.6 is 0 Å². The van der Waals surface area contributed by atoms with E-state index in [1.807, 2.05) is 32.0 Å². The molecule has 1 fully saturated rings. The molecule has 0 bridgehead atoms. The van der Waals surface area contributed by atoms with E-state index in [0.717, 1.165) is 60.4 Å². The second-order valence-electron chi connectivity index (χ2n) is 8.92. The molecule has 0 aliphatic carbocycles. The first-order valence-corrected chi connectivity index (χ1v) is 11.6. The molecule has 2 aromatic heterocycles. The average molecular weight is 464 g/mol. The van der Waals surface area contributed by atoms with Gasteiger partial charge in [-0.3, -0.25) is 14.5 Å². The summed E-state index contributed by atoms with van der Waals surface area (Å²) in [6.45, 7) is 6.17. The molecule has 1 amide bonds. The molecule has 0 radical (unpaired) electrons. The van der Waals surface area contributed by atoms with Crippen LogP contribution in [-0.2, 0) is 17.8 Å². The van der Waals surface area contributed by atoms with Crippen LogP contribution in [0.4, 0.5) is 10.6 Å². The van der Waals surface area contributed by atoms with Crippen LogP contribution in [0.2, 0.25) is 0 Å². The van der Waals surface area contributed by atoms with Crippen LogP contribution in [0, 0.1) is 0 Å². The van der Waals surface area contributed by atoms with Crippen molar-refractivity contribution in [1.82, 2.24) is 29.6 Å². The highest BCUT2D eigenvalue weighted by Gasteiger charge is 2.32. The summed E-state index contributed by atoms with van der Waals surface area (Å²) in [6, 6.07) is 5.93. The molecule has 2 aliphatic heterocycles. The number of benzene rings is 1. The summed E-state index contributed by atoms with van der Waals surface area (Å²) in [5, 5.41) is 9.13. The molecule has 0 spiro atoms. The van der Waals surface area contributed by atoms with Crippen molar-refractivity contribution in [2.24, 2.45) is 0 Å². The Morgan fingerprint density at radius 3 is 2.65 bits per heavy atom. The molecule has 10 heteroatoms. The van der Waals surface area contributed by atoms with Gasteiger partial charge in [-0.25, -0.2) is 9.78 Å². The maximum absolute atomic E-state index is 12.8. The van der Waals surface area contributed by atoms with E-state index in [2.05, 4.69) is 29.6 Å². The number of aromatic nitrogens is 5. The summed E-state index contributed by atoms with van der Waals surface area (Å²) in [6.07, 6.45) is 6.51. The minimum absolute atomic E-state index is 0.201. The molecule has 0 unspecified atom stereocenters. The van der Waals surface area contributed by atoms with E-state index < -0.39 is 0 Å². The monoisotopic (exact) mass is 463 g/mol. The van der Waals surface area contributed by atoms with Crippen LogP contribution in [0.5, 0.6) is 5.75 Å². The number of hydrogen-bond acceptors (Lipinski definition) is 8. The summed E-state index contributed by atoms with van der Waals surface area (Å²) in [4.78, 5) is 25.4. The fourth-order valence-electron chi connectivity index (χ4n) is 4.65. The lowest BCUT2D eigenvalue weighted by Crippen LogP contribution is -2.34. The standard InChI is InChI=1S/C24H29N7O3/c1-16(2)34-24(32)30-14-18-12-19(33-3)4-5-20(18)31-22(15-30)27-28-23(31)17-6-10-29(11-7-17)21-13-25-8-9-26-21/h4-5,8-9,12-13,16-17H,6-7,10-11,14-15H2,1-3H3. The predicted octanol–water partition coefficient (Wildman–Crippen LogP) is 3.31. The largest absolute Gasteiger partial charge is 0.497 e. The number of methoxy groups -OCH3 is 1. The Labute approximate surface area is 198 Å². The van der Waals surface area contributed by atoms with Crippen molar-refractivity contribution in [3.63, 3.8) is 0 Å². The van der Waals surface area contributed by atoms with Crippen molar-refractivity contribution in [1.29, 1.82) is 0 Å². The van der Waals surface area contributed by atoms with Crippen molar-refractivity contribution in [3.8, 4) is 11.4 Å². The van der Waals surface area contributed by atoms with Crippen LogP contribution in [0.3, 0.4) is 0 Å². The minimum Gasteiger partial charge on any atom is -0.497 e. The highest BCUT2D eigenvalue weighted by molar-refractivity contribution is 5.68. The summed E-state index contributed by atoms with van der Waals surface area (Å²) in [5.74, 6) is 3.55. The first kappa shape index (κ1) is 22.1. The van der Waals surface area contributed by atoms with Gasteiger partial charge in [-0.1, -0.05) is 0 Å². The highest BCUT2D eigenvalue weighted by atomic mass is 16.6. The number of anilines is 1. The van der Waals surface area contributed by atoms with E-state index in [9.17, 15) is 4.79 Å². The third kappa shape index (κ3) is 4.27. The molecular formula is C24H29N7O3. The van der Waals surface area contributed by atoms with Crippen LogP contribution in [0.15, 0.2) is 36.8 Å². The lowest BCUT2D eigenvalue weighted by atomic mass is 9.95. The number of carbonyl (C=O) groups excluding carboxylic acids is 1. The lowest BCUT2D eigenvalue weighted by Gasteiger charge is -2.32. The van der Waals surface area contributed by atoms with Crippen LogP contribution in [-0.4, -0.2) is 62.0 Å². The van der Waals surface area contributed by atoms with E-state index in [1.165, 1.54) is 0 Å². The Kier molecular flexibility index (Phi) is 6.04. The maximum atomic E-state index is 12.8. The van der Waals surface area contributed by atoms with Crippen LogP contribution in [0.25, 0.3) is 5.69 Å². The molecule has 3 aromatic rings. The number of carbonyl (C=O) groups is 1. The third-order valence-electron chi connectivity index (χ3n) is 6.30. The van der Waals surface area contributed by atoms with Crippen molar-refractivity contribution in [2.75, 3.05) is 25.1 Å². The molecule has 1 saturated heterocycles. The Hall–Kier alpha value is -3.69. The van der Waals surface area contributed by atoms with E-state index in [-0.39, 0.29) is 18.1 Å². The van der Waals surface area contributed by atoms with Gasteiger partial charge in [0, 0.05) is 31.4 Å². The summed E-state index contributed by atoms with van der Waals surface area (Å²) in [5.41, 5.74) is 1.95. The molecular weight excluding hydrogens is 434 g/mol. The van der Waals surface area contributed by atoms with Gasteiger partial charge in [-0.15, -0.1) is 10.2 Å². The van der Waals surface area contributed by atoms with E-state index in [4.69, 9.17) is 9.47 Å². The lowest BCUT2D eigenvalue weighted by molar-refractivity contribution is 0.0718. The summed E-state index contributed by atoms with van der Waals surface area (Å²) in [7, 11) is 1.64. The zero-order valence-corrected chi connectivity index (χ0v) is 19.7. The smallest absolute Gasteiger partial charge is 0.410 e. The fraction of sp³-hybridized carbons (Fsp3) is 0.458. The second-order valence-corrected chi connectivity index (χ2v) is 8.92. The molecule has 0 atom stereocenters. The number of ether oxygens (including phenoxy) is 2. The molecule has 10 nitrogen and oxygen atoms in total. The van der Waals surface area contributed by atoms with Gasteiger partial charge in [0.25, 0.3) is 0 Å². The number of hydrogen-bond donors (Lipinski definition) is 0. The Bertz CT molecular complexity index is 1160. The van der Waals surface area contributed by atoms with Crippen molar-refractivity contribution < 1.29 is 14.3 Å². The van der Waals surface area contributed by atoms with Crippen molar-refractivity contribution in [2.45, 2.75) is 51.8 Å². The number of rotatable bonds is 4. The SMILES string of the molecule is COc1ccc2c(c1)CN(C(=O)OC(C)C)Cc1nnc(C3CCN(c4cnccn4)CC3)n1-2. The van der Waals surface area contributed by atoms with Gasteiger partial charge in [-0.2, -0.15) is 0 Å². The normalized spacial score (nSPS) is 16.1. The van der Waals surface area contributed by atoms with E-state index in [0.29, 0.717) is 13.1 Å². The first-order valence-electron chi connectivity index (χ1n) is 11.6. The van der Waals surface area contributed by atoms with E-state index in [1.54, 1.807) is 30.6 Å². The molecule has 1 aromatic carbocycles. The quantitative estimate of drug-likeness (QED) is 0.581. The van der Waals surface area contributed by atoms with Gasteiger partial charge in [0.15, 0.2) is 5.82 Å². The zero-order valence-electron chi connectivity index (χ0n) is 19.7. The number of piperidine rings is 1. The Morgan fingerprint density at radius 2 is 1.94 bits per heavy atom. The van der Waals surface area contributed by atoms with Gasteiger partial charge < -0.3 is 14.4 Å². The topological polar surface area (TPSA) is 98.5 Å². The minimum atomic E-state index is -0.362. The van der Waals surface area contributed by atoms with Crippen LogP contribution in [0.1, 0.15) is 49.8 Å². The number of fused-ring (bicyclic) bond motifs is 3. The summed E-state index contributed by atoms with van der Waals surface area (Å²) >= 11 is 0. The molecule has 0 N–H and O–H groups in total. The van der Waals surface area contributed by atoms with Crippen molar-refractivity contribution >= 4 is 11.9 Å². The Morgan fingerprint density at radius 1 is 1.12 bits per heavy atom. The number of amides is 1. The highest BCUT2D eigenvalue weighted by Crippen LogP contribution is 2.34. The molecule has 4 heterocycles. The second kappa shape index (κ2) is 9.28.